The zero-order valence-electron chi connectivity index (χ0n) is 17.7. The first-order valence-corrected chi connectivity index (χ1v) is 13.5. The van der Waals surface area contributed by atoms with Crippen LogP contribution in [0, 0.1) is 12.8 Å². The number of fused-ring (bicyclic) bond motifs is 1. The van der Waals surface area contributed by atoms with Gasteiger partial charge in [0.1, 0.15) is 0 Å². The average molecular weight is 459 g/mol. The molecule has 0 saturated carbocycles. The lowest BCUT2D eigenvalue weighted by molar-refractivity contribution is 0.0685. The molecule has 164 valence electrons. The van der Waals surface area contributed by atoms with Crippen molar-refractivity contribution < 1.29 is 13.2 Å². The Balaban J connectivity index is 1.68. The van der Waals surface area contributed by atoms with E-state index in [-0.39, 0.29) is 23.5 Å². The van der Waals surface area contributed by atoms with Crippen molar-refractivity contribution >= 4 is 38.1 Å². The molecule has 31 heavy (non-hydrogen) atoms. The van der Waals surface area contributed by atoms with Crippen molar-refractivity contribution in [2.24, 2.45) is 5.92 Å². The number of carbonyl (C=O) groups is 1. The van der Waals surface area contributed by atoms with E-state index >= 15 is 0 Å². The van der Waals surface area contributed by atoms with Gasteiger partial charge in [0.15, 0.2) is 15.5 Å². The second-order valence-corrected chi connectivity index (χ2v) is 12.0. The van der Waals surface area contributed by atoms with Gasteiger partial charge < -0.3 is 4.90 Å². The molecule has 2 atom stereocenters. The molecule has 7 nitrogen and oxygen atoms in total. The number of piperidine rings is 1. The van der Waals surface area contributed by atoms with Crippen molar-refractivity contribution in [1.82, 2.24) is 19.7 Å². The number of hydrogen-bond acceptors (Lipinski definition) is 6. The van der Waals surface area contributed by atoms with Crippen molar-refractivity contribution in [2.75, 3.05) is 24.6 Å². The summed E-state index contributed by atoms with van der Waals surface area (Å²) in [5, 5.41) is 7.42. The minimum atomic E-state index is -3.07. The van der Waals surface area contributed by atoms with Crippen LogP contribution in [-0.2, 0) is 9.84 Å². The molecule has 0 aromatic carbocycles. The smallest absolute Gasteiger partial charge is 0.254 e. The first-order chi connectivity index (χ1) is 14.8. The van der Waals surface area contributed by atoms with Gasteiger partial charge in [0.05, 0.1) is 44.8 Å². The number of likely N-dealkylation sites (tertiary alicyclic amines) is 1. The second kappa shape index (κ2) is 7.70. The Morgan fingerprint density at radius 3 is 2.81 bits per heavy atom. The fourth-order valence-corrected chi connectivity index (χ4v) is 7.18. The van der Waals surface area contributed by atoms with E-state index < -0.39 is 9.84 Å². The Hall–Kier alpha value is -2.26. The summed E-state index contributed by atoms with van der Waals surface area (Å²) in [5.74, 6) is 0.735. The highest BCUT2D eigenvalue weighted by Crippen LogP contribution is 2.34. The minimum Gasteiger partial charge on any atom is -0.338 e. The van der Waals surface area contributed by atoms with E-state index in [4.69, 9.17) is 4.98 Å². The van der Waals surface area contributed by atoms with E-state index in [0.717, 1.165) is 47.6 Å². The zero-order chi connectivity index (χ0) is 21.8. The van der Waals surface area contributed by atoms with Crippen LogP contribution >= 0.6 is 11.3 Å². The molecule has 5 rings (SSSR count). The summed E-state index contributed by atoms with van der Waals surface area (Å²) < 4.78 is 26.0. The number of nitrogens with zero attached hydrogens (tertiary/aromatic N) is 4. The number of rotatable bonds is 3. The summed E-state index contributed by atoms with van der Waals surface area (Å²) in [6.45, 7) is 5.58. The third-order valence-electron chi connectivity index (χ3n) is 6.34. The normalized spacial score (nSPS) is 23.5. The lowest BCUT2D eigenvalue weighted by Crippen LogP contribution is -2.39. The van der Waals surface area contributed by atoms with Gasteiger partial charge in [-0.15, -0.1) is 11.3 Å². The summed E-state index contributed by atoms with van der Waals surface area (Å²) in [4.78, 5) is 21.4. The monoisotopic (exact) mass is 458 g/mol. The summed E-state index contributed by atoms with van der Waals surface area (Å²) in [6.07, 6.45) is 2.68. The van der Waals surface area contributed by atoms with E-state index in [2.05, 4.69) is 12.0 Å². The van der Waals surface area contributed by atoms with Gasteiger partial charge in [-0.1, -0.05) is 13.0 Å². The molecule has 2 saturated heterocycles. The molecule has 0 bridgehead atoms. The third-order valence-corrected chi connectivity index (χ3v) is 8.98. The highest BCUT2D eigenvalue weighted by molar-refractivity contribution is 7.91. The Bertz CT molecular complexity index is 1250. The summed E-state index contributed by atoms with van der Waals surface area (Å²) >= 11 is 1.57. The fraction of sp³-hybridized carbons (Fsp3) is 0.500. The van der Waals surface area contributed by atoms with Crippen molar-refractivity contribution in [3.8, 4) is 10.6 Å². The number of pyridine rings is 1. The molecule has 2 aliphatic heterocycles. The topological polar surface area (TPSA) is 85.2 Å². The maximum absolute atomic E-state index is 13.6. The maximum Gasteiger partial charge on any atom is 0.254 e. The summed E-state index contributed by atoms with van der Waals surface area (Å²) in [6, 6.07) is 5.60. The van der Waals surface area contributed by atoms with Crippen LogP contribution in [0.5, 0.6) is 0 Å². The number of sulfone groups is 1. The molecule has 3 aromatic rings. The van der Waals surface area contributed by atoms with Gasteiger partial charge in [-0.05, 0) is 49.6 Å². The molecular weight excluding hydrogens is 432 g/mol. The molecular formula is C22H26N4O3S2. The predicted molar refractivity (Wildman–Crippen MR) is 122 cm³/mol. The van der Waals surface area contributed by atoms with Crippen molar-refractivity contribution in [3.63, 3.8) is 0 Å². The van der Waals surface area contributed by atoms with E-state index in [1.165, 1.54) is 0 Å². The van der Waals surface area contributed by atoms with Crippen LogP contribution in [0.4, 0.5) is 0 Å². The number of hydrogen-bond donors (Lipinski definition) is 0. The molecule has 5 heterocycles. The zero-order valence-corrected chi connectivity index (χ0v) is 19.4. The Morgan fingerprint density at radius 2 is 2.13 bits per heavy atom. The maximum atomic E-state index is 13.6. The van der Waals surface area contributed by atoms with Gasteiger partial charge in [-0.25, -0.2) is 18.1 Å². The number of amides is 1. The predicted octanol–water partition coefficient (Wildman–Crippen LogP) is 3.70. The Labute approximate surface area is 186 Å². The SMILES string of the molecule is Cc1nn([C@@H]2CCS(=O)(=O)C2)c2nc(-c3cccs3)cc(C(=O)N3CCC[C@@H](C)C3)c12. The molecule has 0 spiro atoms. The van der Waals surface area contributed by atoms with Crippen LogP contribution < -0.4 is 0 Å². The molecule has 2 aliphatic rings. The largest absolute Gasteiger partial charge is 0.338 e. The number of aryl methyl sites for hydroxylation is 1. The molecule has 2 fully saturated rings. The van der Waals surface area contributed by atoms with Crippen molar-refractivity contribution in [2.45, 2.75) is 39.2 Å². The summed E-state index contributed by atoms with van der Waals surface area (Å²) in [5.41, 5.74) is 2.68. The molecule has 9 heteroatoms. The summed E-state index contributed by atoms with van der Waals surface area (Å²) in [7, 11) is -3.07. The van der Waals surface area contributed by atoms with Crippen LogP contribution in [0.2, 0.25) is 0 Å². The van der Waals surface area contributed by atoms with Crippen molar-refractivity contribution in [1.29, 1.82) is 0 Å². The number of thiophene rings is 1. The van der Waals surface area contributed by atoms with Gasteiger partial charge in [0.25, 0.3) is 5.91 Å². The lowest BCUT2D eigenvalue weighted by atomic mass is 9.98. The highest BCUT2D eigenvalue weighted by Gasteiger charge is 2.33. The minimum absolute atomic E-state index is 0.0125. The van der Waals surface area contributed by atoms with Gasteiger partial charge >= 0.3 is 0 Å². The molecule has 0 N–H and O–H groups in total. The van der Waals surface area contributed by atoms with Crippen LogP contribution in [0.15, 0.2) is 23.6 Å². The van der Waals surface area contributed by atoms with Gasteiger partial charge in [0, 0.05) is 13.1 Å². The van der Waals surface area contributed by atoms with Crippen LogP contribution in [0.1, 0.15) is 48.3 Å². The van der Waals surface area contributed by atoms with Crippen LogP contribution in [0.3, 0.4) is 0 Å². The number of carbonyl (C=O) groups excluding carboxylic acids is 1. The van der Waals surface area contributed by atoms with Gasteiger partial charge in [0.2, 0.25) is 0 Å². The Kier molecular flexibility index (Phi) is 5.13. The molecule has 0 aliphatic carbocycles. The van der Waals surface area contributed by atoms with E-state index in [1.807, 2.05) is 35.4 Å². The van der Waals surface area contributed by atoms with E-state index in [9.17, 15) is 13.2 Å². The third kappa shape index (κ3) is 3.78. The first kappa shape index (κ1) is 20.6. The Morgan fingerprint density at radius 1 is 1.29 bits per heavy atom. The fourth-order valence-electron chi connectivity index (χ4n) is 4.80. The second-order valence-electron chi connectivity index (χ2n) is 8.82. The molecule has 0 radical (unpaired) electrons. The standard InChI is InChI=1S/C22H26N4O3S2/c1-14-5-3-8-25(12-14)22(27)17-11-18(19-6-4-9-30-19)23-21-20(17)15(2)24-26(21)16-7-10-31(28,29)13-16/h4,6,9,11,14,16H,3,5,7-8,10,12-13H2,1-2H3/t14-,16-/m1/s1. The van der Waals surface area contributed by atoms with Crippen LogP contribution in [-0.4, -0.2) is 58.6 Å². The molecule has 3 aromatic heterocycles. The quantitative estimate of drug-likeness (QED) is 0.597. The van der Waals surface area contributed by atoms with E-state index in [0.29, 0.717) is 23.5 Å². The van der Waals surface area contributed by atoms with Gasteiger partial charge in [-0.2, -0.15) is 5.10 Å². The highest BCUT2D eigenvalue weighted by atomic mass is 32.2. The molecule has 0 unspecified atom stereocenters. The van der Waals surface area contributed by atoms with Gasteiger partial charge in [-0.3, -0.25) is 4.79 Å². The molecule has 1 amide bonds. The average Bonchev–Trinajstić information content (AvgIpc) is 3.46. The van der Waals surface area contributed by atoms with Crippen molar-refractivity contribution in [3.05, 3.63) is 34.8 Å². The van der Waals surface area contributed by atoms with Crippen LogP contribution in [0.25, 0.3) is 21.6 Å². The van der Waals surface area contributed by atoms with E-state index in [1.54, 1.807) is 16.0 Å². The lowest BCUT2D eigenvalue weighted by Gasteiger charge is -2.31. The number of aromatic nitrogens is 3. The first-order valence-electron chi connectivity index (χ1n) is 10.8.